The van der Waals surface area contributed by atoms with Gasteiger partial charge < -0.3 is 0 Å². The van der Waals surface area contributed by atoms with Crippen LogP contribution in [-0.4, -0.2) is 25.8 Å². The van der Waals surface area contributed by atoms with Gasteiger partial charge in [-0.3, -0.25) is 0 Å². The quantitative estimate of drug-likeness (QED) is 0.775. The van der Waals surface area contributed by atoms with Crippen molar-refractivity contribution in [3.8, 4) is 0 Å². The molecule has 6 heteroatoms. The van der Waals surface area contributed by atoms with E-state index < -0.39 is 9.84 Å². The minimum Gasteiger partial charge on any atom is -0.229 e. The summed E-state index contributed by atoms with van der Waals surface area (Å²) in [4.78, 5) is 1.27. The molecule has 0 aromatic carbocycles. The predicted octanol–water partition coefficient (Wildman–Crippen LogP) is 3.34. The van der Waals surface area contributed by atoms with Gasteiger partial charge in [-0.15, -0.1) is 22.9 Å². The highest BCUT2D eigenvalue weighted by Gasteiger charge is 2.33. The first kappa shape index (κ1) is 13.8. The molecule has 1 aliphatic rings. The average molecular weight is 358 g/mol. The van der Waals surface area contributed by atoms with Crippen molar-refractivity contribution < 1.29 is 8.42 Å². The first-order valence-electron chi connectivity index (χ1n) is 5.49. The molecular weight excluding hydrogens is 344 g/mol. The van der Waals surface area contributed by atoms with E-state index in [9.17, 15) is 8.42 Å². The highest BCUT2D eigenvalue weighted by atomic mass is 79.9. The molecule has 1 aliphatic heterocycles. The van der Waals surface area contributed by atoms with Gasteiger partial charge in [-0.2, -0.15) is 0 Å². The van der Waals surface area contributed by atoms with Crippen LogP contribution in [0.1, 0.15) is 11.3 Å². The zero-order valence-corrected chi connectivity index (χ0v) is 13.2. The van der Waals surface area contributed by atoms with Crippen molar-refractivity contribution in [3.05, 3.63) is 20.8 Å². The van der Waals surface area contributed by atoms with Gasteiger partial charge >= 0.3 is 0 Å². The molecule has 17 heavy (non-hydrogen) atoms. The summed E-state index contributed by atoms with van der Waals surface area (Å²) in [5.41, 5.74) is 0. The standard InChI is InChI=1S/C11H14BrClO2S2/c12-10-4-11(16-6-10)3-9(5-13)8-1-2-17(14,15)7-8/h4,6,8-9H,1-3,5,7H2. The van der Waals surface area contributed by atoms with E-state index in [-0.39, 0.29) is 11.8 Å². The number of alkyl halides is 1. The summed E-state index contributed by atoms with van der Waals surface area (Å²) in [6, 6.07) is 2.09. The van der Waals surface area contributed by atoms with Gasteiger partial charge in [0.25, 0.3) is 0 Å². The lowest BCUT2D eigenvalue weighted by molar-refractivity contribution is 0.400. The molecule has 2 nitrogen and oxygen atoms in total. The number of sulfone groups is 1. The number of halogens is 2. The first-order valence-corrected chi connectivity index (χ1v) is 9.52. The lowest BCUT2D eigenvalue weighted by Crippen LogP contribution is -2.19. The predicted molar refractivity (Wildman–Crippen MR) is 76.7 cm³/mol. The van der Waals surface area contributed by atoms with Crippen molar-refractivity contribution in [1.29, 1.82) is 0 Å². The van der Waals surface area contributed by atoms with Crippen molar-refractivity contribution in [1.82, 2.24) is 0 Å². The lowest BCUT2D eigenvalue weighted by atomic mass is 9.90. The minimum atomic E-state index is -2.80. The summed E-state index contributed by atoms with van der Waals surface area (Å²) >= 11 is 11.1. The van der Waals surface area contributed by atoms with Crippen LogP contribution in [0.2, 0.25) is 0 Å². The molecule has 2 rings (SSSR count). The molecule has 0 bridgehead atoms. The van der Waals surface area contributed by atoms with Crippen molar-refractivity contribution >= 4 is 48.7 Å². The van der Waals surface area contributed by atoms with E-state index in [1.807, 2.05) is 5.38 Å². The maximum absolute atomic E-state index is 11.5. The number of thiophene rings is 1. The summed E-state index contributed by atoms with van der Waals surface area (Å²) < 4.78 is 24.0. The molecule has 0 N–H and O–H groups in total. The van der Waals surface area contributed by atoms with Crippen LogP contribution in [0.15, 0.2) is 15.9 Å². The molecule has 1 aromatic heterocycles. The van der Waals surface area contributed by atoms with Gasteiger partial charge in [-0.05, 0) is 46.7 Å². The fourth-order valence-corrected chi connectivity index (χ4v) is 6.09. The molecule has 1 saturated heterocycles. The largest absolute Gasteiger partial charge is 0.229 e. The summed E-state index contributed by atoms with van der Waals surface area (Å²) in [6.07, 6.45) is 1.66. The molecule has 1 aromatic rings. The van der Waals surface area contributed by atoms with Gasteiger partial charge in [0.15, 0.2) is 9.84 Å². The van der Waals surface area contributed by atoms with Crippen LogP contribution in [0, 0.1) is 11.8 Å². The smallest absolute Gasteiger partial charge is 0.150 e. The van der Waals surface area contributed by atoms with Gasteiger partial charge in [0.2, 0.25) is 0 Å². The van der Waals surface area contributed by atoms with Crippen LogP contribution in [0.4, 0.5) is 0 Å². The molecule has 2 unspecified atom stereocenters. The van der Waals surface area contributed by atoms with E-state index in [0.717, 1.165) is 17.3 Å². The van der Waals surface area contributed by atoms with Crippen molar-refractivity contribution in [3.63, 3.8) is 0 Å². The minimum absolute atomic E-state index is 0.235. The van der Waals surface area contributed by atoms with Crippen molar-refractivity contribution in [2.24, 2.45) is 11.8 Å². The molecule has 96 valence electrons. The molecule has 0 saturated carbocycles. The third-order valence-electron chi connectivity index (χ3n) is 3.22. The molecule has 0 aliphatic carbocycles. The topological polar surface area (TPSA) is 34.1 Å². The van der Waals surface area contributed by atoms with Gasteiger partial charge in [-0.1, -0.05) is 0 Å². The Morgan fingerprint density at radius 1 is 1.59 bits per heavy atom. The zero-order valence-electron chi connectivity index (χ0n) is 9.23. The zero-order chi connectivity index (χ0) is 12.5. The van der Waals surface area contributed by atoms with E-state index >= 15 is 0 Å². The monoisotopic (exact) mass is 356 g/mol. The molecule has 0 radical (unpaired) electrons. The van der Waals surface area contributed by atoms with Gasteiger partial charge in [0.1, 0.15) is 0 Å². The van der Waals surface area contributed by atoms with Crippen molar-refractivity contribution in [2.75, 3.05) is 17.4 Å². The molecule has 2 heterocycles. The normalized spacial score (nSPS) is 24.9. The highest BCUT2D eigenvalue weighted by Crippen LogP contribution is 2.31. The van der Waals surface area contributed by atoms with Crippen LogP contribution in [-0.2, 0) is 16.3 Å². The molecule has 1 fully saturated rings. The SMILES string of the molecule is O=S1(=O)CCC(C(CCl)Cc2cc(Br)cs2)C1. The van der Waals surface area contributed by atoms with E-state index in [0.29, 0.717) is 17.4 Å². The average Bonchev–Trinajstić information content (AvgIpc) is 2.81. The molecule has 2 atom stereocenters. The Bertz CT molecular complexity index is 483. The Labute approximate surface area is 119 Å². The third-order valence-corrected chi connectivity index (χ3v) is 7.13. The maximum atomic E-state index is 11.5. The Morgan fingerprint density at radius 2 is 2.35 bits per heavy atom. The summed E-state index contributed by atoms with van der Waals surface area (Å²) in [7, 11) is -2.80. The summed E-state index contributed by atoms with van der Waals surface area (Å²) in [5.74, 6) is 1.70. The van der Waals surface area contributed by atoms with Gasteiger partial charge in [0.05, 0.1) is 11.5 Å². The van der Waals surface area contributed by atoms with Crippen molar-refractivity contribution in [2.45, 2.75) is 12.8 Å². The molecular formula is C11H14BrClO2S2. The number of rotatable bonds is 4. The summed E-state index contributed by atoms with van der Waals surface area (Å²) in [6.45, 7) is 0. The number of hydrogen-bond donors (Lipinski definition) is 0. The van der Waals surface area contributed by atoms with Crippen LogP contribution >= 0.6 is 38.9 Å². The fourth-order valence-electron chi connectivity index (χ4n) is 2.26. The molecule has 0 amide bonds. The fraction of sp³-hybridized carbons (Fsp3) is 0.636. The Hall–Kier alpha value is 0.420. The third kappa shape index (κ3) is 3.69. The van der Waals surface area contributed by atoms with E-state index in [4.69, 9.17) is 11.6 Å². The Kier molecular flexibility index (Phi) is 4.55. The molecule has 0 spiro atoms. The van der Waals surface area contributed by atoms with Crippen LogP contribution in [0.5, 0.6) is 0 Å². The van der Waals surface area contributed by atoms with Gasteiger partial charge in [-0.25, -0.2) is 8.42 Å². The Balaban J connectivity index is 2.02. The first-order chi connectivity index (χ1) is 8.00. The maximum Gasteiger partial charge on any atom is 0.150 e. The van der Waals surface area contributed by atoms with Gasteiger partial charge in [0, 0.05) is 20.6 Å². The van der Waals surface area contributed by atoms with Crippen LogP contribution in [0.25, 0.3) is 0 Å². The van der Waals surface area contributed by atoms with Crippen LogP contribution in [0.3, 0.4) is 0 Å². The van der Waals surface area contributed by atoms with Crippen LogP contribution < -0.4 is 0 Å². The van der Waals surface area contributed by atoms with E-state index in [2.05, 4.69) is 22.0 Å². The highest BCUT2D eigenvalue weighted by molar-refractivity contribution is 9.10. The Morgan fingerprint density at radius 3 is 2.82 bits per heavy atom. The second-order valence-electron chi connectivity index (χ2n) is 4.51. The lowest BCUT2D eigenvalue weighted by Gasteiger charge is -2.19. The second-order valence-corrected chi connectivity index (χ2v) is 8.96. The van der Waals surface area contributed by atoms with E-state index in [1.54, 1.807) is 11.3 Å². The summed E-state index contributed by atoms with van der Waals surface area (Å²) in [5, 5.41) is 2.05. The van der Waals surface area contributed by atoms with E-state index in [1.165, 1.54) is 4.88 Å². The number of hydrogen-bond acceptors (Lipinski definition) is 3. The second kappa shape index (κ2) is 5.59.